The summed E-state index contributed by atoms with van der Waals surface area (Å²) in [5.74, 6) is -0.323. The van der Waals surface area contributed by atoms with Crippen molar-refractivity contribution in [3.63, 3.8) is 0 Å². The smallest absolute Gasteiger partial charge is 0.126 e. The first-order valence-corrected chi connectivity index (χ1v) is 7.21. The lowest BCUT2D eigenvalue weighted by molar-refractivity contribution is 0.125. The molecule has 3 N–H and O–H groups in total. The Morgan fingerprint density at radius 3 is 2.53 bits per heavy atom. The van der Waals surface area contributed by atoms with E-state index in [0.717, 1.165) is 19.3 Å². The van der Waals surface area contributed by atoms with Gasteiger partial charge in [-0.3, -0.25) is 0 Å². The van der Waals surface area contributed by atoms with Crippen molar-refractivity contribution in [1.29, 1.82) is 0 Å². The van der Waals surface area contributed by atoms with E-state index in [1.807, 2.05) is 0 Å². The summed E-state index contributed by atoms with van der Waals surface area (Å²) in [5.41, 5.74) is 6.65. The second-order valence-corrected chi connectivity index (χ2v) is 6.60. The number of rotatable bonds is 3. The summed E-state index contributed by atoms with van der Waals surface area (Å²) < 4.78 is 13.4. The molecule has 0 bridgehead atoms. The maximum absolute atomic E-state index is 13.4. The quantitative estimate of drug-likeness (QED) is 0.873. The van der Waals surface area contributed by atoms with E-state index < -0.39 is 0 Å². The fraction of sp³-hybridized carbons (Fsp3) is 0.600. The Balaban J connectivity index is 2.31. The molecule has 0 saturated heterocycles. The number of hydrogen-bond acceptors (Lipinski definition) is 2. The van der Waals surface area contributed by atoms with Crippen LogP contribution in [0.15, 0.2) is 18.2 Å². The van der Waals surface area contributed by atoms with Gasteiger partial charge in [0.2, 0.25) is 0 Å². The first kappa shape index (κ1) is 14.6. The van der Waals surface area contributed by atoms with Gasteiger partial charge in [0.15, 0.2) is 0 Å². The molecule has 1 fully saturated rings. The average molecular weight is 285 g/mol. The Hall–Kier alpha value is -0.800. The summed E-state index contributed by atoms with van der Waals surface area (Å²) in [7, 11) is 0. The zero-order valence-electron chi connectivity index (χ0n) is 11.6. The Morgan fingerprint density at radius 1 is 1.26 bits per heavy atom. The standard InChI is InChI=1S/C15H22ClFN2/c1-14(2)5-3-4-6-15(14,10-18)19-13-8-11(16)7-12(17)9-13/h7-9,19H,3-6,10,18H2,1-2H3. The van der Waals surface area contributed by atoms with Gasteiger partial charge in [0.05, 0.1) is 5.54 Å². The summed E-state index contributed by atoms with van der Waals surface area (Å²) in [4.78, 5) is 0. The molecule has 1 saturated carbocycles. The topological polar surface area (TPSA) is 38.0 Å². The van der Waals surface area contributed by atoms with Gasteiger partial charge in [-0.25, -0.2) is 4.39 Å². The molecule has 1 aromatic rings. The highest BCUT2D eigenvalue weighted by Gasteiger charge is 2.45. The van der Waals surface area contributed by atoms with Gasteiger partial charge in [-0.15, -0.1) is 0 Å². The van der Waals surface area contributed by atoms with Crippen LogP contribution < -0.4 is 11.1 Å². The van der Waals surface area contributed by atoms with Gasteiger partial charge in [0.25, 0.3) is 0 Å². The number of anilines is 1. The van der Waals surface area contributed by atoms with E-state index in [4.69, 9.17) is 17.3 Å². The molecule has 1 aromatic carbocycles. The molecule has 4 heteroatoms. The van der Waals surface area contributed by atoms with Crippen LogP contribution in [0.1, 0.15) is 39.5 Å². The zero-order chi connectivity index (χ0) is 14.1. The molecule has 19 heavy (non-hydrogen) atoms. The fourth-order valence-electron chi connectivity index (χ4n) is 3.13. The van der Waals surface area contributed by atoms with Crippen molar-refractivity contribution in [2.75, 3.05) is 11.9 Å². The van der Waals surface area contributed by atoms with Gasteiger partial charge in [-0.2, -0.15) is 0 Å². The van der Waals surface area contributed by atoms with Crippen LogP contribution in [-0.4, -0.2) is 12.1 Å². The van der Waals surface area contributed by atoms with Crippen molar-refractivity contribution in [3.05, 3.63) is 29.0 Å². The summed E-state index contributed by atoms with van der Waals surface area (Å²) >= 11 is 5.92. The van der Waals surface area contributed by atoms with Crippen LogP contribution >= 0.6 is 11.6 Å². The second kappa shape index (κ2) is 5.29. The van der Waals surface area contributed by atoms with Crippen molar-refractivity contribution in [3.8, 4) is 0 Å². The molecular weight excluding hydrogens is 263 g/mol. The van der Waals surface area contributed by atoms with Gasteiger partial charge in [0, 0.05) is 17.3 Å². The molecule has 1 aliphatic rings. The van der Waals surface area contributed by atoms with Crippen LogP contribution in [0.3, 0.4) is 0 Å². The van der Waals surface area contributed by atoms with E-state index in [1.165, 1.54) is 18.6 Å². The van der Waals surface area contributed by atoms with Crippen LogP contribution in [0.5, 0.6) is 0 Å². The highest BCUT2D eigenvalue weighted by atomic mass is 35.5. The highest BCUT2D eigenvalue weighted by Crippen LogP contribution is 2.45. The van der Waals surface area contributed by atoms with Crippen LogP contribution in [-0.2, 0) is 0 Å². The number of hydrogen-bond donors (Lipinski definition) is 2. The lowest BCUT2D eigenvalue weighted by atomic mass is 9.63. The summed E-state index contributed by atoms with van der Waals surface area (Å²) in [6, 6.07) is 4.55. The minimum absolute atomic E-state index is 0.0821. The lowest BCUT2D eigenvalue weighted by Crippen LogP contribution is -2.58. The Kier molecular flexibility index (Phi) is 4.07. The number of halogens is 2. The Bertz CT molecular complexity index is 441. The van der Waals surface area contributed by atoms with Crippen LogP contribution in [0, 0.1) is 11.2 Å². The maximum atomic E-state index is 13.4. The van der Waals surface area contributed by atoms with Crippen LogP contribution in [0.4, 0.5) is 10.1 Å². The molecule has 1 atom stereocenters. The molecule has 1 aliphatic carbocycles. The maximum Gasteiger partial charge on any atom is 0.126 e. The van der Waals surface area contributed by atoms with E-state index in [9.17, 15) is 4.39 Å². The number of nitrogens with two attached hydrogens (primary N) is 1. The predicted octanol–water partition coefficient (Wildman–Crippen LogP) is 4.19. The van der Waals surface area contributed by atoms with Crippen molar-refractivity contribution < 1.29 is 4.39 Å². The molecule has 0 radical (unpaired) electrons. The monoisotopic (exact) mass is 284 g/mol. The highest BCUT2D eigenvalue weighted by molar-refractivity contribution is 6.30. The third kappa shape index (κ3) is 2.87. The normalized spacial score (nSPS) is 26.2. The summed E-state index contributed by atoms with van der Waals surface area (Å²) in [5, 5.41) is 3.87. The molecule has 0 heterocycles. The van der Waals surface area contributed by atoms with Crippen LogP contribution in [0.2, 0.25) is 5.02 Å². The van der Waals surface area contributed by atoms with Crippen LogP contribution in [0.25, 0.3) is 0 Å². The average Bonchev–Trinajstić information content (AvgIpc) is 2.30. The third-order valence-electron chi connectivity index (χ3n) is 4.55. The van der Waals surface area contributed by atoms with Gasteiger partial charge in [-0.05, 0) is 36.5 Å². The first-order chi connectivity index (χ1) is 8.88. The van der Waals surface area contributed by atoms with E-state index in [2.05, 4.69) is 19.2 Å². The van der Waals surface area contributed by atoms with Crippen molar-refractivity contribution in [1.82, 2.24) is 0 Å². The van der Waals surface area contributed by atoms with E-state index >= 15 is 0 Å². The third-order valence-corrected chi connectivity index (χ3v) is 4.76. The number of nitrogens with one attached hydrogen (secondary N) is 1. The minimum Gasteiger partial charge on any atom is -0.378 e. The number of benzene rings is 1. The van der Waals surface area contributed by atoms with Crippen molar-refractivity contribution in [2.24, 2.45) is 11.1 Å². The van der Waals surface area contributed by atoms with Gasteiger partial charge in [0.1, 0.15) is 5.82 Å². The largest absolute Gasteiger partial charge is 0.378 e. The Labute approximate surface area is 119 Å². The second-order valence-electron chi connectivity index (χ2n) is 6.16. The van der Waals surface area contributed by atoms with E-state index in [1.54, 1.807) is 6.07 Å². The zero-order valence-corrected chi connectivity index (χ0v) is 12.4. The molecule has 1 unspecified atom stereocenters. The van der Waals surface area contributed by atoms with Crippen molar-refractivity contribution >= 4 is 17.3 Å². The molecule has 0 amide bonds. The van der Waals surface area contributed by atoms with Crippen molar-refractivity contribution in [2.45, 2.75) is 45.1 Å². The molecule has 106 valence electrons. The fourth-order valence-corrected chi connectivity index (χ4v) is 3.36. The minimum atomic E-state index is -0.323. The summed E-state index contributed by atoms with van der Waals surface area (Å²) in [6.07, 6.45) is 4.50. The van der Waals surface area contributed by atoms with E-state index in [0.29, 0.717) is 17.3 Å². The molecule has 2 rings (SSSR count). The van der Waals surface area contributed by atoms with Gasteiger partial charge < -0.3 is 11.1 Å². The summed E-state index contributed by atoms with van der Waals surface area (Å²) in [6.45, 7) is 4.99. The van der Waals surface area contributed by atoms with Gasteiger partial charge >= 0.3 is 0 Å². The van der Waals surface area contributed by atoms with E-state index in [-0.39, 0.29) is 16.8 Å². The Morgan fingerprint density at radius 2 is 1.95 bits per heavy atom. The lowest BCUT2D eigenvalue weighted by Gasteiger charge is -2.51. The SMILES string of the molecule is CC1(C)CCCCC1(CN)Nc1cc(F)cc(Cl)c1. The molecular formula is C15H22ClFN2. The molecule has 0 aromatic heterocycles. The van der Waals surface area contributed by atoms with Gasteiger partial charge in [-0.1, -0.05) is 38.3 Å². The first-order valence-electron chi connectivity index (χ1n) is 6.83. The predicted molar refractivity (Wildman–Crippen MR) is 79.1 cm³/mol. The molecule has 0 aliphatic heterocycles. The molecule has 2 nitrogen and oxygen atoms in total. The molecule has 0 spiro atoms.